The van der Waals surface area contributed by atoms with E-state index in [0.717, 1.165) is 5.25 Å². The van der Waals surface area contributed by atoms with Crippen molar-refractivity contribution in [1.82, 2.24) is 0 Å². The zero-order valence-corrected chi connectivity index (χ0v) is 14.6. The summed E-state index contributed by atoms with van der Waals surface area (Å²) in [6.07, 6.45) is 1.48. The molecule has 2 fully saturated rings. The van der Waals surface area contributed by atoms with Gasteiger partial charge in [0.1, 0.15) is 0 Å². The molecular weight excluding hydrogens is 511 g/mol. The molecule has 0 N–H and O–H groups in total. The van der Waals surface area contributed by atoms with Gasteiger partial charge in [-0.2, -0.15) is 0 Å². The minimum atomic E-state index is 0.424. The van der Waals surface area contributed by atoms with Gasteiger partial charge < -0.3 is 0 Å². The second-order valence-electron chi connectivity index (χ2n) is 3.06. The third-order valence-corrected chi connectivity index (χ3v) is 17.0. The van der Waals surface area contributed by atoms with Crippen LogP contribution in [0.15, 0.2) is 0 Å². The quantitative estimate of drug-likeness (QED) is 0.398. The Morgan fingerprint density at radius 3 is 2.92 bits per heavy atom. The Bertz CT molecular complexity index is 173. The van der Waals surface area contributed by atoms with Crippen LogP contribution in [0.4, 0.5) is 0 Å². The van der Waals surface area contributed by atoms with Crippen LogP contribution in [0.25, 0.3) is 0 Å². The molecule has 0 aromatic heterocycles. The standard InChI is InChI=1S/C8H12STe3/c10-7(3-6-4-9-6)8-5-11-1-2-12-8/h6,8H,1-5H2. The summed E-state index contributed by atoms with van der Waals surface area (Å²) in [5, 5.41) is 1.06. The number of hydrogen-bond acceptors (Lipinski definition) is 1. The molecule has 68 valence electrons. The van der Waals surface area contributed by atoms with Crippen molar-refractivity contribution < 1.29 is 0 Å². The van der Waals surface area contributed by atoms with Crippen molar-refractivity contribution in [1.29, 1.82) is 0 Å². The third kappa shape index (κ3) is 3.63. The summed E-state index contributed by atoms with van der Waals surface area (Å²) in [6.45, 7) is 0. The van der Waals surface area contributed by atoms with Gasteiger partial charge in [-0.3, -0.25) is 0 Å². The second kappa shape index (κ2) is 5.61. The molecule has 0 spiro atoms. The summed E-state index contributed by atoms with van der Waals surface area (Å²) in [7, 11) is 0. The van der Waals surface area contributed by atoms with Gasteiger partial charge in [-0.1, -0.05) is 0 Å². The molecule has 4 heteroatoms. The minimum absolute atomic E-state index is 0.424. The van der Waals surface area contributed by atoms with Crippen molar-refractivity contribution in [3.63, 3.8) is 0 Å². The van der Waals surface area contributed by atoms with E-state index in [-0.39, 0.29) is 0 Å². The summed E-state index contributed by atoms with van der Waals surface area (Å²) >= 11 is 5.45. The first-order valence-corrected chi connectivity index (χ1v) is 12.7. The topological polar surface area (TPSA) is 0 Å². The second-order valence-corrected chi connectivity index (χ2v) is 12.9. The van der Waals surface area contributed by atoms with Gasteiger partial charge in [0, 0.05) is 0 Å². The van der Waals surface area contributed by atoms with E-state index >= 15 is 0 Å². The van der Waals surface area contributed by atoms with Crippen LogP contribution in [0.3, 0.4) is 0 Å². The fourth-order valence-electron chi connectivity index (χ4n) is 1.22. The molecule has 2 heterocycles. The first-order chi connectivity index (χ1) is 5.86. The molecule has 0 amide bonds. The summed E-state index contributed by atoms with van der Waals surface area (Å²) in [5.74, 6) is 1.46. The Balaban J connectivity index is 1.76. The molecule has 2 aliphatic heterocycles. The fourth-order valence-corrected chi connectivity index (χ4v) is 17.2. The van der Waals surface area contributed by atoms with Gasteiger partial charge in [0.15, 0.2) is 0 Å². The average molecular weight is 523 g/mol. The number of thioether (sulfide) groups is 1. The van der Waals surface area contributed by atoms with Crippen molar-refractivity contribution in [3.8, 4) is 0 Å². The summed E-state index contributed by atoms with van der Waals surface area (Å²) in [6, 6.07) is 0. The molecule has 0 aromatic rings. The first-order valence-electron chi connectivity index (χ1n) is 4.20. The van der Waals surface area contributed by atoms with Gasteiger partial charge in [-0.05, 0) is 0 Å². The molecule has 2 unspecified atom stereocenters. The van der Waals surface area contributed by atoms with Crippen LogP contribution < -0.4 is 0 Å². The molecule has 12 heavy (non-hydrogen) atoms. The molecule has 0 aromatic carbocycles. The Morgan fingerprint density at radius 2 is 2.33 bits per heavy atom. The van der Waals surface area contributed by atoms with Crippen LogP contribution >= 0.6 is 11.8 Å². The van der Waals surface area contributed by atoms with Gasteiger partial charge in [0.05, 0.1) is 0 Å². The zero-order valence-electron chi connectivity index (χ0n) is 6.82. The van der Waals surface area contributed by atoms with E-state index in [1.807, 2.05) is 3.55 Å². The summed E-state index contributed by atoms with van der Waals surface area (Å²) in [5.41, 5.74) is 0. The monoisotopic (exact) mass is 530 g/mol. The van der Waals surface area contributed by atoms with Crippen LogP contribution in [-0.2, 0) is 0 Å². The van der Waals surface area contributed by atoms with E-state index in [9.17, 15) is 0 Å². The van der Waals surface area contributed by atoms with Crippen molar-refractivity contribution in [2.45, 2.75) is 29.0 Å². The van der Waals surface area contributed by atoms with Crippen LogP contribution in [0.5, 0.6) is 0 Å². The Hall–Kier alpha value is 2.59. The van der Waals surface area contributed by atoms with Crippen molar-refractivity contribution in [2.75, 3.05) is 5.75 Å². The Kier molecular flexibility index (Phi) is 5.18. The summed E-state index contributed by atoms with van der Waals surface area (Å²) < 4.78 is 8.13. The van der Waals surface area contributed by atoms with Gasteiger partial charge in [-0.15, -0.1) is 0 Å². The van der Waals surface area contributed by atoms with Crippen LogP contribution in [0, 0.1) is 0 Å². The average Bonchev–Trinajstić information content (AvgIpc) is 2.90. The predicted octanol–water partition coefficient (Wildman–Crippen LogP) is 1.30. The molecular formula is C8H12STe3. The van der Waals surface area contributed by atoms with E-state index in [1.165, 1.54) is 16.1 Å². The molecule has 2 rings (SSSR count). The first kappa shape index (κ1) is 11.1. The van der Waals surface area contributed by atoms with E-state index < -0.39 is 0 Å². The van der Waals surface area contributed by atoms with E-state index in [0.29, 0.717) is 41.8 Å². The predicted molar refractivity (Wildman–Crippen MR) is 61.3 cm³/mol. The number of rotatable bonds is 3. The third-order valence-electron chi connectivity index (χ3n) is 2.01. The molecule has 2 saturated heterocycles. The van der Waals surface area contributed by atoms with Crippen molar-refractivity contribution >= 4 is 79.0 Å². The molecule has 0 saturated carbocycles. The number of hydrogen-bond donors (Lipinski definition) is 0. The van der Waals surface area contributed by atoms with E-state index in [4.69, 9.17) is 0 Å². The molecule has 2 aliphatic rings. The van der Waals surface area contributed by atoms with Gasteiger partial charge in [0.25, 0.3) is 0 Å². The maximum atomic E-state index is 2.38. The van der Waals surface area contributed by atoms with Crippen LogP contribution in [0.1, 0.15) is 6.42 Å². The summed E-state index contributed by atoms with van der Waals surface area (Å²) in [4.78, 5) is 0. The van der Waals surface area contributed by atoms with Crippen molar-refractivity contribution in [3.05, 3.63) is 0 Å². The van der Waals surface area contributed by atoms with Gasteiger partial charge >= 0.3 is 114 Å². The Morgan fingerprint density at radius 1 is 1.50 bits per heavy atom. The van der Waals surface area contributed by atoms with Crippen molar-refractivity contribution in [2.24, 2.45) is 0 Å². The molecule has 0 radical (unpaired) electrons. The van der Waals surface area contributed by atoms with Crippen LogP contribution in [0.2, 0.25) is 17.4 Å². The maximum absolute atomic E-state index is 2.38. The molecule has 0 aliphatic carbocycles. The normalized spacial score (nSPS) is 34.7. The van der Waals surface area contributed by atoms with E-state index in [2.05, 4.69) is 33.6 Å². The molecule has 2 atom stereocenters. The van der Waals surface area contributed by atoms with Crippen LogP contribution in [-0.4, -0.2) is 78.2 Å². The molecule has 0 nitrogen and oxygen atoms in total. The molecule has 0 bridgehead atoms. The van der Waals surface area contributed by atoms with Gasteiger partial charge in [-0.25, -0.2) is 0 Å². The zero-order chi connectivity index (χ0) is 8.39. The van der Waals surface area contributed by atoms with E-state index in [1.54, 1.807) is 13.4 Å². The SMILES string of the molecule is [Te]=C(CC1CS1)C1C[Te]CC[Te]1. The van der Waals surface area contributed by atoms with Gasteiger partial charge in [0.2, 0.25) is 0 Å². The fraction of sp³-hybridized carbons (Fsp3) is 0.875. The Labute approximate surface area is 112 Å².